The number of pyridine rings is 1. The average molecular weight is 285 g/mol. The Labute approximate surface area is 111 Å². The minimum absolute atomic E-state index is 0.0815. The fourth-order valence-corrected chi connectivity index (χ4v) is 2.82. The maximum atomic E-state index is 11.6. The molecule has 0 aliphatic heterocycles. The number of carbonyl (C=O) groups excluding carboxylic acids is 1. The van der Waals surface area contributed by atoms with Crippen molar-refractivity contribution in [3.8, 4) is 5.75 Å². The summed E-state index contributed by atoms with van der Waals surface area (Å²) in [6.07, 6.45) is 5.23. The van der Waals surface area contributed by atoms with Gasteiger partial charge in [0.1, 0.15) is 17.1 Å². The Morgan fingerprint density at radius 1 is 1.42 bits per heavy atom. The number of ether oxygens (including phenoxy) is 2. The molecular formula is C12H15NO5S. The predicted molar refractivity (Wildman–Crippen MR) is 67.9 cm³/mol. The normalized spacial score (nSPS) is 16.7. The summed E-state index contributed by atoms with van der Waals surface area (Å²) in [5.74, 6) is -0.153. The molecule has 1 aliphatic carbocycles. The van der Waals surface area contributed by atoms with E-state index in [-0.39, 0.29) is 12.2 Å². The van der Waals surface area contributed by atoms with Crippen molar-refractivity contribution in [3.63, 3.8) is 0 Å². The Balaban J connectivity index is 2.07. The number of hydrogen-bond acceptors (Lipinski definition) is 6. The van der Waals surface area contributed by atoms with Crippen molar-refractivity contribution in [2.75, 3.05) is 20.0 Å². The largest absolute Gasteiger partial charge is 0.490 e. The van der Waals surface area contributed by atoms with Gasteiger partial charge in [-0.05, 0) is 18.9 Å². The molecule has 0 spiro atoms. The van der Waals surface area contributed by atoms with E-state index < -0.39 is 20.6 Å². The lowest BCUT2D eigenvalue weighted by Crippen LogP contribution is -2.29. The maximum Gasteiger partial charge on any atom is 0.339 e. The third kappa shape index (κ3) is 2.86. The van der Waals surface area contributed by atoms with Gasteiger partial charge in [-0.15, -0.1) is 0 Å². The first-order valence-corrected chi connectivity index (χ1v) is 7.63. The van der Waals surface area contributed by atoms with Gasteiger partial charge in [-0.3, -0.25) is 4.98 Å². The van der Waals surface area contributed by atoms with Gasteiger partial charge in [-0.2, -0.15) is 0 Å². The first-order valence-electron chi connectivity index (χ1n) is 5.74. The number of sulfone groups is 1. The Hall–Kier alpha value is -1.63. The smallest absolute Gasteiger partial charge is 0.339 e. The molecular weight excluding hydrogens is 270 g/mol. The lowest BCUT2D eigenvalue weighted by atomic mass is 10.3. The van der Waals surface area contributed by atoms with Crippen molar-refractivity contribution in [2.45, 2.75) is 17.6 Å². The fraction of sp³-hybridized carbons (Fsp3) is 0.500. The summed E-state index contributed by atoms with van der Waals surface area (Å²) < 4.78 is 32.4. The van der Waals surface area contributed by atoms with Gasteiger partial charge >= 0.3 is 5.97 Å². The number of nitrogens with zero attached hydrogens (tertiary/aromatic N) is 1. The molecule has 104 valence electrons. The zero-order chi connectivity index (χ0) is 14.1. The van der Waals surface area contributed by atoms with Crippen LogP contribution in [0.1, 0.15) is 23.2 Å². The van der Waals surface area contributed by atoms with Crippen molar-refractivity contribution in [2.24, 2.45) is 0 Å². The van der Waals surface area contributed by atoms with Crippen LogP contribution in [0.25, 0.3) is 0 Å². The Morgan fingerprint density at radius 3 is 2.63 bits per heavy atom. The highest BCUT2D eigenvalue weighted by Crippen LogP contribution is 2.43. The number of hydrogen-bond donors (Lipinski definition) is 0. The van der Waals surface area contributed by atoms with E-state index in [1.54, 1.807) is 0 Å². The highest BCUT2D eigenvalue weighted by molar-refractivity contribution is 7.92. The molecule has 0 atom stereocenters. The van der Waals surface area contributed by atoms with Crippen LogP contribution >= 0.6 is 0 Å². The number of aromatic nitrogens is 1. The van der Waals surface area contributed by atoms with Crippen molar-refractivity contribution in [3.05, 3.63) is 24.0 Å². The second-order valence-electron chi connectivity index (χ2n) is 4.64. The third-order valence-corrected chi connectivity index (χ3v) is 5.33. The molecule has 1 aromatic heterocycles. The molecule has 1 aromatic rings. The summed E-state index contributed by atoms with van der Waals surface area (Å²) in [6.45, 7) is 0.0815. The number of carbonyl (C=O) groups is 1. The number of esters is 1. The molecule has 0 aromatic carbocycles. The van der Waals surface area contributed by atoms with Crippen LogP contribution < -0.4 is 4.74 Å². The topological polar surface area (TPSA) is 82.6 Å². The van der Waals surface area contributed by atoms with Gasteiger partial charge < -0.3 is 9.47 Å². The molecule has 1 fully saturated rings. The van der Waals surface area contributed by atoms with E-state index in [1.807, 2.05) is 0 Å². The molecule has 0 saturated heterocycles. The highest BCUT2D eigenvalue weighted by atomic mass is 32.2. The van der Waals surface area contributed by atoms with Gasteiger partial charge in [0.25, 0.3) is 0 Å². The third-order valence-electron chi connectivity index (χ3n) is 3.23. The molecule has 1 aliphatic rings. The van der Waals surface area contributed by atoms with Crippen LogP contribution in [0, 0.1) is 0 Å². The molecule has 7 heteroatoms. The van der Waals surface area contributed by atoms with Gasteiger partial charge in [-0.25, -0.2) is 13.2 Å². The SMILES string of the molecule is COC(=O)c1cncc(OCC2(S(C)(=O)=O)CC2)c1. The van der Waals surface area contributed by atoms with Crippen molar-refractivity contribution >= 4 is 15.8 Å². The molecule has 1 heterocycles. The Bertz CT molecular complexity index is 592. The fourth-order valence-electron chi connectivity index (χ4n) is 1.70. The van der Waals surface area contributed by atoms with Crippen molar-refractivity contribution in [1.29, 1.82) is 0 Å². The number of methoxy groups -OCH3 is 1. The molecule has 0 radical (unpaired) electrons. The van der Waals surface area contributed by atoms with Crippen LogP contribution in [-0.4, -0.2) is 44.1 Å². The quantitative estimate of drug-likeness (QED) is 0.745. The molecule has 0 bridgehead atoms. The van der Waals surface area contributed by atoms with E-state index in [4.69, 9.17) is 4.74 Å². The maximum absolute atomic E-state index is 11.6. The molecule has 2 rings (SSSR count). The predicted octanol–water partition coefficient (Wildman–Crippen LogP) is 0.824. The minimum Gasteiger partial charge on any atom is -0.490 e. The average Bonchev–Trinajstić information content (AvgIpc) is 3.16. The monoisotopic (exact) mass is 285 g/mol. The standard InChI is InChI=1S/C12H15NO5S/c1-17-11(14)9-5-10(7-13-6-9)18-8-12(3-4-12)19(2,15)16/h5-7H,3-4,8H2,1-2H3. The van der Waals surface area contributed by atoms with E-state index in [9.17, 15) is 13.2 Å². The van der Waals surface area contributed by atoms with Crippen LogP contribution in [0.15, 0.2) is 18.5 Å². The van der Waals surface area contributed by atoms with Gasteiger partial charge in [0.2, 0.25) is 0 Å². The molecule has 0 N–H and O–H groups in total. The minimum atomic E-state index is -3.13. The van der Waals surface area contributed by atoms with E-state index in [0.29, 0.717) is 18.6 Å². The van der Waals surface area contributed by atoms with Gasteiger partial charge in [0.05, 0.1) is 18.9 Å². The summed E-state index contributed by atoms with van der Waals surface area (Å²) in [4.78, 5) is 15.2. The van der Waals surface area contributed by atoms with Crippen LogP contribution in [0.2, 0.25) is 0 Å². The zero-order valence-corrected chi connectivity index (χ0v) is 11.6. The van der Waals surface area contributed by atoms with Crippen LogP contribution in [-0.2, 0) is 14.6 Å². The van der Waals surface area contributed by atoms with Gasteiger partial charge in [0, 0.05) is 12.5 Å². The molecule has 0 unspecified atom stereocenters. The lowest BCUT2D eigenvalue weighted by Gasteiger charge is -2.14. The summed E-state index contributed by atoms with van der Waals surface area (Å²) in [5.41, 5.74) is 0.268. The van der Waals surface area contributed by atoms with E-state index in [0.717, 1.165) is 0 Å². The number of rotatable bonds is 5. The second kappa shape index (κ2) is 4.80. The van der Waals surface area contributed by atoms with Crippen LogP contribution in [0.4, 0.5) is 0 Å². The molecule has 0 amide bonds. The summed E-state index contributed by atoms with van der Waals surface area (Å²) in [5, 5.41) is 0. The first kappa shape index (κ1) is 13.8. The van der Waals surface area contributed by atoms with Crippen molar-refractivity contribution < 1.29 is 22.7 Å². The van der Waals surface area contributed by atoms with E-state index in [2.05, 4.69) is 9.72 Å². The summed E-state index contributed by atoms with van der Waals surface area (Å²) >= 11 is 0. The zero-order valence-electron chi connectivity index (χ0n) is 10.8. The second-order valence-corrected chi connectivity index (χ2v) is 7.06. The summed E-state index contributed by atoms with van der Waals surface area (Å²) in [7, 11) is -1.85. The first-order chi connectivity index (χ1) is 8.88. The van der Waals surface area contributed by atoms with Crippen LogP contribution in [0.3, 0.4) is 0 Å². The summed E-state index contributed by atoms with van der Waals surface area (Å²) in [6, 6.07) is 1.48. The molecule has 1 saturated carbocycles. The molecule has 19 heavy (non-hydrogen) atoms. The van der Waals surface area contributed by atoms with Crippen LogP contribution in [0.5, 0.6) is 5.75 Å². The Morgan fingerprint density at radius 2 is 2.11 bits per heavy atom. The molecule has 6 nitrogen and oxygen atoms in total. The Kier molecular flexibility index (Phi) is 3.49. The van der Waals surface area contributed by atoms with E-state index in [1.165, 1.54) is 31.8 Å². The highest BCUT2D eigenvalue weighted by Gasteiger charge is 2.53. The van der Waals surface area contributed by atoms with E-state index >= 15 is 0 Å². The van der Waals surface area contributed by atoms with Gasteiger partial charge in [0.15, 0.2) is 9.84 Å². The lowest BCUT2D eigenvalue weighted by molar-refractivity contribution is 0.0599. The van der Waals surface area contributed by atoms with Gasteiger partial charge in [-0.1, -0.05) is 0 Å². The van der Waals surface area contributed by atoms with Crippen molar-refractivity contribution in [1.82, 2.24) is 4.98 Å².